The van der Waals surface area contributed by atoms with E-state index in [1.807, 2.05) is 26.0 Å². The predicted octanol–water partition coefficient (Wildman–Crippen LogP) is 2.35. The molecule has 0 saturated heterocycles. The number of carboxylic acid groups (broad SMARTS) is 1. The fraction of sp³-hybridized carbons (Fsp3) is 0.143. The molecule has 2 aromatic heterocycles. The topological polar surface area (TPSA) is 86.9 Å². The minimum absolute atomic E-state index is 0.227. The molecule has 0 aromatic carbocycles. The highest BCUT2D eigenvalue weighted by atomic mass is 16.4. The SMILES string of the molecule is Cc1ccc(C#N)cn1.Cc1ccc(C(=O)O)cn1. The van der Waals surface area contributed by atoms with Crippen LogP contribution in [0.3, 0.4) is 0 Å². The van der Waals surface area contributed by atoms with Crippen LogP contribution in [0.15, 0.2) is 36.7 Å². The molecular formula is C14H13N3O2. The van der Waals surface area contributed by atoms with Crippen molar-refractivity contribution in [2.24, 2.45) is 0 Å². The predicted molar refractivity (Wildman–Crippen MR) is 69.6 cm³/mol. The average Bonchev–Trinajstić information content (AvgIpc) is 2.41. The average molecular weight is 255 g/mol. The lowest BCUT2D eigenvalue weighted by atomic mass is 10.3. The summed E-state index contributed by atoms with van der Waals surface area (Å²) < 4.78 is 0. The van der Waals surface area contributed by atoms with Crippen LogP contribution in [0.1, 0.15) is 27.3 Å². The Morgan fingerprint density at radius 2 is 1.68 bits per heavy atom. The third-order valence-electron chi connectivity index (χ3n) is 2.20. The first-order valence-electron chi connectivity index (χ1n) is 5.51. The maximum atomic E-state index is 10.3. The number of hydrogen-bond acceptors (Lipinski definition) is 4. The summed E-state index contributed by atoms with van der Waals surface area (Å²) in [6.07, 6.45) is 2.91. The van der Waals surface area contributed by atoms with Crippen LogP contribution >= 0.6 is 0 Å². The Morgan fingerprint density at radius 1 is 1.11 bits per heavy atom. The van der Waals surface area contributed by atoms with Crippen molar-refractivity contribution in [3.63, 3.8) is 0 Å². The summed E-state index contributed by atoms with van der Waals surface area (Å²) in [6, 6.07) is 8.76. The van der Waals surface area contributed by atoms with Gasteiger partial charge in [0, 0.05) is 23.8 Å². The second kappa shape index (κ2) is 6.87. The van der Waals surface area contributed by atoms with E-state index in [1.165, 1.54) is 12.3 Å². The lowest BCUT2D eigenvalue weighted by Gasteiger charge is -1.92. The number of aryl methyl sites for hydroxylation is 2. The summed E-state index contributed by atoms with van der Waals surface area (Å²) in [5.74, 6) is -0.937. The van der Waals surface area contributed by atoms with Crippen LogP contribution in [-0.2, 0) is 0 Å². The molecular weight excluding hydrogens is 242 g/mol. The van der Waals surface area contributed by atoms with E-state index in [9.17, 15) is 4.79 Å². The van der Waals surface area contributed by atoms with Crippen LogP contribution in [-0.4, -0.2) is 21.0 Å². The molecule has 0 fully saturated rings. The molecule has 0 aliphatic heterocycles. The number of rotatable bonds is 1. The van der Waals surface area contributed by atoms with Gasteiger partial charge in [0.1, 0.15) is 6.07 Å². The van der Waals surface area contributed by atoms with Gasteiger partial charge in [0.2, 0.25) is 0 Å². The normalized spacial score (nSPS) is 8.89. The van der Waals surface area contributed by atoms with Crippen molar-refractivity contribution in [1.29, 1.82) is 5.26 Å². The highest BCUT2D eigenvalue weighted by Crippen LogP contribution is 1.97. The fourth-order valence-corrected chi connectivity index (χ4v) is 1.13. The molecule has 1 N–H and O–H groups in total. The van der Waals surface area contributed by atoms with Crippen molar-refractivity contribution in [2.45, 2.75) is 13.8 Å². The molecule has 5 heteroatoms. The molecule has 0 unspecified atom stereocenters. The summed E-state index contributed by atoms with van der Waals surface area (Å²) in [5, 5.41) is 16.8. The second-order valence-electron chi connectivity index (χ2n) is 3.79. The Labute approximate surface area is 111 Å². The van der Waals surface area contributed by atoms with E-state index in [0.717, 1.165) is 11.4 Å². The molecule has 0 aliphatic rings. The summed E-state index contributed by atoms with van der Waals surface area (Å²) in [7, 11) is 0. The van der Waals surface area contributed by atoms with Gasteiger partial charge < -0.3 is 5.11 Å². The van der Waals surface area contributed by atoms with Crippen molar-refractivity contribution in [1.82, 2.24) is 9.97 Å². The molecule has 2 aromatic rings. The number of carboxylic acids is 1. The van der Waals surface area contributed by atoms with E-state index >= 15 is 0 Å². The first-order valence-corrected chi connectivity index (χ1v) is 5.51. The first kappa shape index (κ1) is 14.3. The molecule has 0 bridgehead atoms. The van der Waals surface area contributed by atoms with Gasteiger partial charge in [-0.25, -0.2) is 4.79 Å². The lowest BCUT2D eigenvalue weighted by Crippen LogP contribution is -1.96. The van der Waals surface area contributed by atoms with E-state index in [0.29, 0.717) is 5.56 Å². The number of aromatic nitrogens is 2. The van der Waals surface area contributed by atoms with Gasteiger partial charge in [0.25, 0.3) is 0 Å². The largest absolute Gasteiger partial charge is 0.478 e. The third-order valence-corrected chi connectivity index (χ3v) is 2.20. The van der Waals surface area contributed by atoms with E-state index in [1.54, 1.807) is 18.3 Å². The highest BCUT2D eigenvalue weighted by molar-refractivity contribution is 5.87. The van der Waals surface area contributed by atoms with Gasteiger partial charge in [-0.15, -0.1) is 0 Å². The summed E-state index contributed by atoms with van der Waals surface area (Å²) in [4.78, 5) is 18.0. The van der Waals surface area contributed by atoms with Gasteiger partial charge in [-0.3, -0.25) is 9.97 Å². The standard InChI is InChI=1S/C7H6N2.C7H7NO2/c1-6-2-3-7(4-8)5-9-6;1-5-2-3-6(4-8-5)7(9)10/h2-3,5H,1H3;2-4H,1H3,(H,9,10). The Balaban J connectivity index is 0.000000191. The van der Waals surface area contributed by atoms with Gasteiger partial charge >= 0.3 is 5.97 Å². The van der Waals surface area contributed by atoms with Crippen LogP contribution in [0.5, 0.6) is 0 Å². The number of pyridine rings is 2. The molecule has 96 valence electrons. The van der Waals surface area contributed by atoms with Crippen LogP contribution in [0.4, 0.5) is 0 Å². The summed E-state index contributed by atoms with van der Waals surface area (Å²) >= 11 is 0. The Morgan fingerprint density at radius 3 is 2.05 bits per heavy atom. The molecule has 2 heterocycles. The number of nitriles is 1. The summed E-state index contributed by atoms with van der Waals surface area (Å²) in [5.41, 5.74) is 2.60. The monoisotopic (exact) mass is 255 g/mol. The second-order valence-corrected chi connectivity index (χ2v) is 3.79. The smallest absolute Gasteiger partial charge is 0.337 e. The van der Waals surface area contributed by atoms with Crippen molar-refractivity contribution in [3.8, 4) is 6.07 Å². The molecule has 0 spiro atoms. The Kier molecular flexibility index (Phi) is 5.17. The number of carbonyl (C=O) groups is 1. The van der Waals surface area contributed by atoms with Crippen molar-refractivity contribution < 1.29 is 9.90 Å². The van der Waals surface area contributed by atoms with Gasteiger partial charge in [-0.1, -0.05) is 0 Å². The van der Waals surface area contributed by atoms with E-state index in [4.69, 9.17) is 10.4 Å². The highest BCUT2D eigenvalue weighted by Gasteiger charge is 1.99. The summed E-state index contributed by atoms with van der Waals surface area (Å²) in [6.45, 7) is 3.70. The molecule has 0 amide bonds. The van der Waals surface area contributed by atoms with E-state index in [-0.39, 0.29) is 5.56 Å². The van der Waals surface area contributed by atoms with Crippen LogP contribution in [0.25, 0.3) is 0 Å². The van der Waals surface area contributed by atoms with E-state index in [2.05, 4.69) is 9.97 Å². The maximum absolute atomic E-state index is 10.3. The van der Waals surface area contributed by atoms with Gasteiger partial charge in [0.05, 0.1) is 11.1 Å². The first-order chi connectivity index (χ1) is 9.02. The zero-order valence-corrected chi connectivity index (χ0v) is 10.7. The molecule has 0 aliphatic carbocycles. The molecule has 19 heavy (non-hydrogen) atoms. The van der Waals surface area contributed by atoms with Crippen molar-refractivity contribution in [3.05, 3.63) is 59.2 Å². The van der Waals surface area contributed by atoms with Crippen molar-refractivity contribution in [2.75, 3.05) is 0 Å². The zero-order chi connectivity index (χ0) is 14.3. The zero-order valence-electron chi connectivity index (χ0n) is 10.7. The molecule has 0 saturated carbocycles. The van der Waals surface area contributed by atoms with Crippen LogP contribution in [0, 0.1) is 25.2 Å². The van der Waals surface area contributed by atoms with Crippen molar-refractivity contribution >= 4 is 5.97 Å². The Hall–Kier alpha value is -2.74. The molecule has 0 radical (unpaired) electrons. The van der Waals surface area contributed by atoms with Gasteiger partial charge in [-0.05, 0) is 38.1 Å². The molecule has 5 nitrogen and oxygen atoms in total. The van der Waals surface area contributed by atoms with Gasteiger partial charge in [0.15, 0.2) is 0 Å². The number of aromatic carboxylic acids is 1. The van der Waals surface area contributed by atoms with Crippen LogP contribution in [0.2, 0.25) is 0 Å². The third kappa shape index (κ3) is 4.96. The maximum Gasteiger partial charge on any atom is 0.337 e. The van der Waals surface area contributed by atoms with Gasteiger partial charge in [-0.2, -0.15) is 5.26 Å². The lowest BCUT2D eigenvalue weighted by molar-refractivity contribution is 0.0696. The minimum Gasteiger partial charge on any atom is -0.478 e. The van der Waals surface area contributed by atoms with E-state index < -0.39 is 5.97 Å². The Bertz CT molecular complexity index is 584. The fourth-order valence-electron chi connectivity index (χ4n) is 1.13. The minimum atomic E-state index is -0.937. The number of nitrogens with zero attached hydrogens (tertiary/aromatic N) is 3. The molecule has 2 rings (SSSR count). The van der Waals surface area contributed by atoms with Crippen LogP contribution < -0.4 is 0 Å². The molecule has 0 atom stereocenters. The number of hydrogen-bond donors (Lipinski definition) is 1. The quantitative estimate of drug-likeness (QED) is 0.845.